The van der Waals surface area contributed by atoms with Crippen LogP contribution in [0.2, 0.25) is 0 Å². The van der Waals surface area contributed by atoms with Crippen molar-refractivity contribution in [1.82, 2.24) is 0 Å². The molecule has 3 aromatic carbocycles. The van der Waals surface area contributed by atoms with Crippen LogP contribution in [0.1, 0.15) is 73.7 Å². The lowest BCUT2D eigenvalue weighted by Gasteiger charge is -2.32. The molecule has 218 valence electrons. The van der Waals surface area contributed by atoms with Gasteiger partial charge in [0.05, 0.1) is 18.3 Å². The van der Waals surface area contributed by atoms with Crippen LogP contribution in [0.3, 0.4) is 0 Å². The average molecular weight is 571 g/mol. The van der Waals surface area contributed by atoms with Gasteiger partial charge in [0.15, 0.2) is 23.1 Å². The summed E-state index contributed by atoms with van der Waals surface area (Å²) in [5.74, 6) is -6.19. The first-order valence-electron chi connectivity index (χ1n) is 13.9. The summed E-state index contributed by atoms with van der Waals surface area (Å²) in [6, 6.07) is 10.8. The predicted octanol–water partition coefficient (Wildman–Crippen LogP) is 8.52. The summed E-state index contributed by atoms with van der Waals surface area (Å²) in [5.41, 5.74) is 0.526. The van der Waals surface area contributed by atoms with Crippen LogP contribution >= 0.6 is 0 Å². The van der Waals surface area contributed by atoms with E-state index in [-0.39, 0.29) is 47.0 Å². The molecule has 1 aliphatic rings. The van der Waals surface area contributed by atoms with Crippen LogP contribution < -0.4 is 9.47 Å². The van der Waals surface area contributed by atoms with Gasteiger partial charge >= 0.3 is 5.97 Å². The van der Waals surface area contributed by atoms with Crippen molar-refractivity contribution in [1.29, 1.82) is 0 Å². The molecule has 4 rings (SSSR count). The van der Waals surface area contributed by atoms with Crippen LogP contribution in [0.4, 0.5) is 17.6 Å². The monoisotopic (exact) mass is 570 g/mol. The van der Waals surface area contributed by atoms with Gasteiger partial charge in [0, 0.05) is 5.56 Å². The van der Waals surface area contributed by atoms with E-state index in [1.165, 1.54) is 48.5 Å². The van der Waals surface area contributed by atoms with Crippen LogP contribution in [-0.4, -0.2) is 23.8 Å². The number of benzene rings is 3. The van der Waals surface area contributed by atoms with Gasteiger partial charge in [-0.2, -0.15) is 8.78 Å². The van der Waals surface area contributed by atoms with Gasteiger partial charge in [-0.1, -0.05) is 37.6 Å². The van der Waals surface area contributed by atoms with Crippen molar-refractivity contribution in [3.05, 3.63) is 95.6 Å². The van der Waals surface area contributed by atoms with E-state index in [1.54, 1.807) is 6.08 Å². The second-order valence-corrected chi connectivity index (χ2v) is 10.4. The fourth-order valence-electron chi connectivity index (χ4n) is 5.35. The normalized spacial score (nSPS) is 17.6. The van der Waals surface area contributed by atoms with Gasteiger partial charge in [-0.3, -0.25) is 0 Å². The fourth-order valence-corrected chi connectivity index (χ4v) is 5.35. The third kappa shape index (κ3) is 6.99. The molecule has 1 aliphatic carbocycles. The first-order chi connectivity index (χ1) is 19.7. The summed E-state index contributed by atoms with van der Waals surface area (Å²) in [7, 11) is 0. The van der Waals surface area contributed by atoms with Gasteiger partial charge in [0.2, 0.25) is 11.6 Å². The number of hydrogen-bond acceptors (Lipinski definition) is 4. The molecule has 0 bridgehead atoms. The van der Waals surface area contributed by atoms with Crippen LogP contribution in [0.15, 0.2) is 61.2 Å². The zero-order valence-electron chi connectivity index (χ0n) is 23.0. The zero-order valence-corrected chi connectivity index (χ0v) is 23.0. The molecule has 1 N–H and O–H groups in total. The summed E-state index contributed by atoms with van der Waals surface area (Å²) < 4.78 is 69.4. The minimum atomic E-state index is -1.24. The first kappa shape index (κ1) is 30.3. The van der Waals surface area contributed by atoms with E-state index in [0.29, 0.717) is 24.8 Å². The Bertz CT molecular complexity index is 1360. The summed E-state index contributed by atoms with van der Waals surface area (Å²) in [6.07, 6.45) is 6.10. The summed E-state index contributed by atoms with van der Waals surface area (Å²) in [6.45, 7) is 5.72. The summed E-state index contributed by atoms with van der Waals surface area (Å²) in [5, 5.41) is 10.3. The van der Waals surface area contributed by atoms with E-state index in [1.807, 2.05) is 6.92 Å². The van der Waals surface area contributed by atoms with Crippen molar-refractivity contribution >= 4 is 5.97 Å². The van der Waals surface area contributed by atoms with Crippen LogP contribution in [-0.2, 0) is 0 Å². The molecular weight excluding hydrogens is 536 g/mol. The maximum absolute atomic E-state index is 15.0. The molecule has 41 heavy (non-hydrogen) atoms. The fraction of sp³-hybridized carbons (Fsp3) is 0.364. The first-order valence-corrected chi connectivity index (χ1v) is 13.9. The molecule has 1 fully saturated rings. The standard InChI is InChI=1S/C33H34F4O4/c1-3-5-19-40-27-17-15-24(29(34)31(27)36)21-9-13-23(14-10-21)33(39)41-28-18-16-25(30(35)32(28)37)20-7-11-22(12-8-20)26(38)6-4-2/h3,9-10,13-18,20,22,26,38H,1,4-8,11-12,19H2,2H3. The van der Waals surface area contributed by atoms with Gasteiger partial charge in [-0.05, 0) is 91.8 Å². The summed E-state index contributed by atoms with van der Waals surface area (Å²) >= 11 is 0. The van der Waals surface area contributed by atoms with Gasteiger partial charge in [-0.15, -0.1) is 6.58 Å². The Morgan fingerprint density at radius 3 is 2.24 bits per heavy atom. The molecule has 0 aliphatic heterocycles. The van der Waals surface area contributed by atoms with E-state index in [9.17, 15) is 23.1 Å². The number of rotatable bonds is 11. The Labute approximate surface area is 237 Å². The maximum Gasteiger partial charge on any atom is 0.343 e. The van der Waals surface area contributed by atoms with Crippen molar-refractivity contribution in [2.24, 2.45) is 5.92 Å². The Morgan fingerprint density at radius 2 is 1.59 bits per heavy atom. The Balaban J connectivity index is 1.42. The molecule has 0 heterocycles. The zero-order chi connectivity index (χ0) is 29.5. The molecule has 0 amide bonds. The van der Waals surface area contributed by atoms with Gasteiger partial charge < -0.3 is 14.6 Å². The molecular formula is C33H34F4O4. The van der Waals surface area contributed by atoms with E-state index in [0.717, 1.165) is 25.7 Å². The Hall–Kier alpha value is -3.65. The maximum atomic E-state index is 15.0. The Morgan fingerprint density at radius 1 is 0.927 bits per heavy atom. The number of halogens is 4. The summed E-state index contributed by atoms with van der Waals surface area (Å²) in [4.78, 5) is 12.7. The third-order valence-corrected chi connectivity index (χ3v) is 7.68. The molecule has 0 radical (unpaired) electrons. The minimum absolute atomic E-state index is 0.0202. The van der Waals surface area contributed by atoms with E-state index in [2.05, 4.69) is 6.58 Å². The molecule has 1 atom stereocenters. The van der Waals surface area contributed by atoms with E-state index < -0.39 is 35.0 Å². The molecule has 0 aromatic heterocycles. The smallest absolute Gasteiger partial charge is 0.343 e. The largest absolute Gasteiger partial charge is 0.490 e. The third-order valence-electron chi connectivity index (χ3n) is 7.68. The molecule has 0 spiro atoms. The quantitative estimate of drug-likeness (QED) is 0.0826. The van der Waals surface area contributed by atoms with Gasteiger partial charge in [-0.25, -0.2) is 13.6 Å². The topological polar surface area (TPSA) is 55.8 Å². The molecule has 1 unspecified atom stereocenters. The van der Waals surface area contributed by atoms with Crippen molar-refractivity contribution in [3.8, 4) is 22.6 Å². The van der Waals surface area contributed by atoms with Gasteiger partial charge in [0.25, 0.3) is 0 Å². The van der Waals surface area contributed by atoms with Crippen molar-refractivity contribution in [3.63, 3.8) is 0 Å². The number of esters is 1. The molecule has 3 aromatic rings. The number of carbonyl (C=O) groups excluding carboxylic acids is 1. The van der Waals surface area contributed by atoms with E-state index >= 15 is 4.39 Å². The van der Waals surface area contributed by atoms with Crippen molar-refractivity contribution in [2.45, 2.75) is 63.9 Å². The second-order valence-electron chi connectivity index (χ2n) is 10.4. The Kier molecular flexibility index (Phi) is 10.2. The predicted molar refractivity (Wildman–Crippen MR) is 149 cm³/mol. The van der Waals surface area contributed by atoms with Gasteiger partial charge in [0.1, 0.15) is 0 Å². The lowest BCUT2D eigenvalue weighted by Crippen LogP contribution is -2.25. The number of ether oxygens (including phenoxy) is 2. The van der Waals surface area contributed by atoms with Crippen LogP contribution in [0.25, 0.3) is 11.1 Å². The number of carbonyl (C=O) groups is 1. The number of hydrogen-bond donors (Lipinski definition) is 1. The van der Waals surface area contributed by atoms with Crippen LogP contribution in [0, 0.1) is 29.2 Å². The SMILES string of the molecule is C=CCCOc1ccc(-c2ccc(C(=O)Oc3ccc(C4CCC(C(O)CCC)CC4)c(F)c3F)cc2)c(F)c1F. The minimum Gasteiger partial charge on any atom is -0.490 e. The number of aliphatic hydroxyl groups is 1. The number of aliphatic hydroxyl groups excluding tert-OH is 1. The lowest BCUT2D eigenvalue weighted by molar-refractivity contribution is 0.0725. The molecule has 4 nitrogen and oxygen atoms in total. The highest BCUT2D eigenvalue weighted by Gasteiger charge is 2.30. The van der Waals surface area contributed by atoms with E-state index in [4.69, 9.17) is 9.47 Å². The second kappa shape index (κ2) is 13.8. The highest BCUT2D eigenvalue weighted by molar-refractivity contribution is 5.91. The average Bonchev–Trinajstić information content (AvgIpc) is 2.98. The highest BCUT2D eigenvalue weighted by atomic mass is 19.2. The van der Waals surface area contributed by atoms with Crippen LogP contribution in [0.5, 0.6) is 11.5 Å². The molecule has 1 saturated carbocycles. The highest BCUT2D eigenvalue weighted by Crippen LogP contribution is 2.40. The van der Waals surface area contributed by atoms with Crippen molar-refractivity contribution in [2.75, 3.05) is 6.61 Å². The van der Waals surface area contributed by atoms with Crippen molar-refractivity contribution < 1.29 is 36.9 Å². The molecule has 8 heteroatoms. The lowest BCUT2D eigenvalue weighted by atomic mass is 9.76. The molecule has 0 saturated heterocycles.